The molecule has 0 aliphatic rings. The van der Waals surface area contributed by atoms with Crippen molar-refractivity contribution in [3.05, 3.63) is 34.1 Å². The lowest BCUT2D eigenvalue weighted by Crippen LogP contribution is -2.08. The minimum absolute atomic E-state index is 0.0737. The van der Waals surface area contributed by atoms with Gasteiger partial charge in [-0.3, -0.25) is 10.8 Å². The lowest BCUT2D eigenvalue weighted by atomic mass is 10.2. The van der Waals surface area contributed by atoms with Crippen molar-refractivity contribution in [1.82, 2.24) is 0 Å². The first-order valence-electron chi connectivity index (χ1n) is 3.77. The maximum Gasteiger partial charge on any atom is 0.220 e. The number of hydrogen-bond donors (Lipinski definition) is 2. The first-order valence-corrected chi connectivity index (χ1v) is 4.57. The normalized spacial score (nSPS) is 9.64. The predicted octanol–water partition coefficient (Wildman–Crippen LogP) is 2.93. The van der Waals surface area contributed by atoms with Crippen LogP contribution >= 0.6 is 15.9 Å². The number of rotatable bonds is 1. The molecule has 0 aliphatic heterocycles. The Morgan fingerprint density at radius 3 is 2.57 bits per heavy atom. The van der Waals surface area contributed by atoms with Gasteiger partial charge < -0.3 is 4.74 Å². The molecule has 0 radical (unpaired) electrons. The van der Waals surface area contributed by atoms with Gasteiger partial charge in [-0.15, -0.1) is 0 Å². The van der Waals surface area contributed by atoms with Crippen LogP contribution in [0.5, 0.6) is 0 Å². The number of halogens is 2. The van der Waals surface area contributed by atoms with Crippen molar-refractivity contribution >= 4 is 27.7 Å². The van der Waals surface area contributed by atoms with Gasteiger partial charge in [-0.05, 0) is 34.1 Å². The maximum atomic E-state index is 12.8. The molecule has 3 nitrogen and oxygen atoms in total. The van der Waals surface area contributed by atoms with Gasteiger partial charge in [0.2, 0.25) is 5.90 Å². The summed E-state index contributed by atoms with van der Waals surface area (Å²) in [7, 11) is 0. The van der Waals surface area contributed by atoms with Gasteiger partial charge in [0.25, 0.3) is 0 Å². The van der Waals surface area contributed by atoms with E-state index in [1.807, 2.05) is 0 Å². The van der Waals surface area contributed by atoms with Crippen LogP contribution in [0.15, 0.2) is 22.7 Å². The van der Waals surface area contributed by atoms with Crippen LogP contribution in [0.3, 0.4) is 0 Å². The van der Waals surface area contributed by atoms with Crippen molar-refractivity contribution in [2.75, 3.05) is 0 Å². The molecule has 0 aliphatic carbocycles. The topological polar surface area (TPSA) is 56.9 Å². The summed E-state index contributed by atoms with van der Waals surface area (Å²) < 4.78 is 17.8. The largest absolute Gasteiger partial charge is 0.426 e. The molecular formula is C9H8BrFN2O. The molecule has 0 heterocycles. The third-order valence-corrected chi connectivity index (χ3v) is 2.04. The van der Waals surface area contributed by atoms with Gasteiger partial charge in [0.05, 0.1) is 4.47 Å². The number of hydrogen-bond acceptors (Lipinski definition) is 3. The molecule has 0 saturated carbocycles. The van der Waals surface area contributed by atoms with Crippen LogP contribution in [0, 0.1) is 16.6 Å². The van der Waals surface area contributed by atoms with Crippen LogP contribution < -0.4 is 0 Å². The minimum Gasteiger partial charge on any atom is -0.426 e. The lowest BCUT2D eigenvalue weighted by Gasteiger charge is -2.05. The Kier molecular flexibility index (Phi) is 3.35. The Bertz CT molecular complexity index is 392. The molecule has 0 fully saturated rings. The van der Waals surface area contributed by atoms with Crippen molar-refractivity contribution < 1.29 is 9.13 Å². The van der Waals surface area contributed by atoms with Crippen LogP contribution in [0.4, 0.5) is 4.39 Å². The Hall–Kier alpha value is -1.23. The van der Waals surface area contributed by atoms with Gasteiger partial charge >= 0.3 is 0 Å². The summed E-state index contributed by atoms with van der Waals surface area (Å²) in [5.41, 5.74) is 0.421. The summed E-state index contributed by atoms with van der Waals surface area (Å²) in [6, 6.07) is 4.09. The zero-order chi connectivity index (χ0) is 10.7. The van der Waals surface area contributed by atoms with Crippen LogP contribution in [0.2, 0.25) is 0 Å². The first-order chi connectivity index (χ1) is 6.50. The molecule has 0 aromatic heterocycles. The van der Waals surface area contributed by atoms with E-state index < -0.39 is 5.82 Å². The third-order valence-electron chi connectivity index (χ3n) is 1.44. The molecule has 14 heavy (non-hydrogen) atoms. The van der Waals surface area contributed by atoms with Gasteiger partial charge in [-0.1, -0.05) is 0 Å². The van der Waals surface area contributed by atoms with Crippen LogP contribution in [0.25, 0.3) is 0 Å². The average Bonchev–Trinajstić information content (AvgIpc) is 2.08. The molecule has 1 rings (SSSR count). The van der Waals surface area contributed by atoms with Crippen molar-refractivity contribution in [2.24, 2.45) is 0 Å². The molecule has 0 spiro atoms. The summed E-state index contributed by atoms with van der Waals surface area (Å²) >= 11 is 3.00. The Labute approximate surface area is 89.0 Å². The summed E-state index contributed by atoms with van der Waals surface area (Å²) in [5, 5.41) is 14.4. The first kappa shape index (κ1) is 10.8. The molecule has 0 saturated heterocycles. The summed E-state index contributed by atoms with van der Waals surface area (Å²) in [5.74, 6) is -0.637. The predicted molar refractivity (Wildman–Crippen MR) is 55.4 cm³/mol. The quantitative estimate of drug-likeness (QED) is 0.591. The SMILES string of the molecule is CC(=N)OC(=N)c1ccc(F)c(Br)c1. The van der Waals surface area contributed by atoms with Crippen molar-refractivity contribution in [1.29, 1.82) is 10.8 Å². The van der Waals surface area contributed by atoms with Crippen molar-refractivity contribution in [2.45, 2.75) is 6.92 Å². The molecule has 74 valence electrons. The van der Waals surface area contributed by atoms with Gasteiger partial charge in [-0.2, -0.15) is 0 Å². The summed E-state index contributed by atoms with van der Waals surface area (Å²) in [6.45, 7) is 1.42. The third kappa shape index (κ3) is 2.63. The second-order valence-electron chi connectivity index (χ2n) is 2.62. The van der Waals surface area contributed by atoms with E-state index >= 15 is 0 Å². The van der Waals surface area contributed by atoms with Crippen LogP contribution in [0.1, 0.15) is 12.5 Å². The van der Waals surface area contributed by atoms with Gasteiger partial charge in [0, 0.05) is 12.5 Å². The number of benzene rings is 1. The van der Waals surface area contributed by atoms with Crippen LogP contribution in [-0.4, -0.2) is 11.8 Å². The Morgan fingerprint density at radius 2 is 2.07 bits per heavy atom. The molecule has 1 aromatic rings. The maximum absolute atomic E-state index is 12.8. The molecule has 0 atom stereocenters. The van der Waals surface area contributed by atoms with E-state index in [0.29, 0.717) is 5.56 Å². The second-order valence-corrected chi connectivity index (χ2v) is 3.47. The van der Waals surface area contributed by atoms with Gasteiger partial charge in [0.1, 0.15) is 5.82 Å². The molecule has 0 unspecified atom stereocenters. The highest BCUT2D eigenvalue weighted by Crippen LogP contribution is 2.17. The molecule has 0 bridgehead atoms. The van der Waals surface area contributed by atoms with Crippen molar-refractivity contribution in [3.8, 4) is 0 Å². The van der Waals surface area contributed by atoms with Gasteiger partial charge in [0.15, 0.2) is 5.90 Å². The van der Waals surface area contributed by atoms with E-state index in [4.69, 9.17) is 15.6 Å². The highest BCUT2D eigenvalue weighted by Gasteiger charge is 2.06. The monoisotopic (exact) mass is 258 g/mol. The van der Waals surface area contributed by atoms with E-state index in [-0.39, 0.29) is 16.3 Å². The number of ether oxygens (including phenoxy) is 1. The highest BCUT2D eigenvalue weighted by molar-refractivity contribution is 9.10. The fraction of sp³-hybridized carbons (Fsp3) is 0.111. The Balaban J connectivity index is 2.91. The van der Waals surface area contributed by atoms with E-state index in [1.165, 1.54) is 25.1 Å². The Morgan fingerprint density at radius 1 is 1.43 bits per heavy atom. The summed E-state index contributed by atoms with van der Waals surface area (Å²) in [6.07, 6.45) is 0. The zero-order valence-electron chi connectivity index (χ0n) is 7.40. The smallest absolute Gasteiger partial charge is 0.220 e. The number of nitrogens with one attached hydrogen (secondary N) is 2. The van der Waals surface area contributed by atoms with Crippen molar-refractivity contribution in [3.63, 3.8) is 0 Å². The molecule has 5 heteroatoms. The fourth-order valence-electron chi connectivity index (χ4n) is 0.849. The lowest BCUT2D eigenvalue weighted by molar-refractivity contribution is 0.531. The van der Waals surface area contributed by atoms with Crippen LogP contribution in [-0.2, 0) is 4.74 Å². The van der Waals surface area contributed by atoms with E-state index in [2.05, 4.69) is 15.9 Å². The second kappa shape index (κ2) is 4.32. The zero-order valence-corrected chi connectivity index (χ0v) is 8.98. The van der Waals surface area contributed by atoms with E-state index in [9.17, 15) is 4.39 Å². The molecule has 2 N–H and O–H groups in total. The van der Waals surface area contributed by atoms with E-state index in [0.717, 1.165) is 0 Å². The fourth-order valence-corrected chi connectivity index (χ4v) is 1.23. The molecular weight excluding hydrogens is 251 g/mol. The van der Waals surface area contributed by atoms with Gasteiger partial charge in [-0.25, -0.2) is 4.39 Å². The molecule has 0 amide bonds. The average molecular weight is 259 g/mol. The summed E-state index contributed by atoms with van der Waals surface area (Å²) in [4.78, 5) is 0. The highest BCUT2D eigenvalue weighted by atomic mass is 79.9. The standard InChI is InChI=1S/C9H8BrFN2O/c1-5(12)14-9(13)6-2-3-8(11)7(10)4-6/h2-4,12-13H,1H3. The minimum atomic E-state index is -0.395. The molecule has 1 aromatic carbocycles. The van der Waals surface area contributed by atoms with E-state index in [1.54, 1.807) is 0 Å².